The van der Waals surface area contributed by atoms with Crippen LogP contribution in [0.1, 0.15) is 37.3 Å². The van der Waals surface area contributed by atoms with Crippen molar-refractivity contribution in [2.75, 3.05) is 4.90 Å². The van der Waals surface area contributed by atoms with Gasteiger partial charge >= 0.3 is 6.01 Å². The Kier molecular flexibility index (Phi) is 3.05. The minimum Gasteiger partial charge on any atom is -0.406 e. The molecular weight excluding hydrogens is 248 g/mol. The highest BCUT2D eigenvalue weighted by Gasteiger charge is 2.32. The zero-order chi connectivity index (χ0) is 12.5. The smallest absolute Gasteiger partial charge is 0.318 e. The monoisotopic (exact) mass is 264 g/mol. The molecule has 1 unspecified atom stereocenters. The maximum Gasteiger partial charge on any atom is 0.318 e. The summed E-state index contributed by atoms with van der Waals surface area (Å²) in [6.07, 6.45) is 2.39. The third-order valence-corrected chi connectivity index (χ3v) is 3.72. The molecule has 1 aliphatic rings. The second kappa shape index (κ2) is 4.70. The van der Waals surface area contributed by atoms with Crippen LogP contribution in [0.25, 0.3) is 0 Å². The van der Waals surface area contributed by atoms with E-state index in [1.807, 2.05) is 6.92 Å². The van der Waals surface area contributed by atoms with Gasteiger partial charge in [0, 0.05) is 12.6 Å². The van der Waals surface area contributed by atoms with E-state index in [4.69, 9.17) is 10.2 Å². The first-order valence-corrected chi connectivity index (χ1v) is 7.05. The van der Waals surface area contributed by atoms with Gasteiger partial charge in [-0.2, -0.15) is 11.3 Å². The third-order valence-electron chi connectivity index (χ3n) is 2.99. The molecule has 18 heavy (non-hydrogen) atoms. The van der Waals surface area contributed by atoms with Gasteiger partial charge in [-0.15, -0.1) is 5.10 Å². The summed E-state index contributed by atoms with van der Waals surface area (Å²) in [6, 6.07) is 3.04. The van der Waals surface area contributed by atoms with Crippen LogP contribution in [0.5, 0.6) is 0 Å². The second-order valence-corrected chi connectivity index (χ2v) is 5.48. The molecular formula is C12H16N4OS. The van der Waals surface area contributed by atoms with Crippen LogP contribution in [0.2, 0.25) is 0 Å². The summed E-state index contributed by atoms with van der Waals surface area (Å²) < 4.78 is 5.64. The molecule has 3 rings (SSSR count). The Hall–Kier alpha value is -1.40. The number of nitrogens with zero attached hydrogens (tertiary/aromatic N) is 3. The fourth-order valence-corrected chi connectivity index (χ4v) is 2.50. The van der Waals surface area contributed by atoms with Gasteiger partial charge in [0.05, 0.1) is 6.04 Å². The van der Waals surface area contributed by atoms with Crippen LogP contribution in [-0.4, -0.2) is 16.2 Å². The highest BCUT2D eigenvalue weighted by atomic mass is 32.1. The number of thiophene rings is 1. The van der Waals surface area contributed by atoms with Crippen molar-refractivity contribution < 1.29 is 4.42 Å². The Balaban J connectivity index is 1.80. The topological polar surface area (TPSA) is 68.2 Å². The normalized spacial score (nSPS) is 16.8. The first-order valence-electron chi connectivity index (χ1n) is 6.10. The highest BCUT2D eigenvalue weighted by Crippen LogP contribution is 2.33. The van der Waals surface area contributed by atoms with E-state index >= 15 is 0 Å². The summed E-state index contributed by atoms with van der Waals surface area (Å²) in [5.41, 5.74) is 7.03. The van der Waals surface area contributed by atoms with E-state index in [2.05, 4.69) is 31.9 Å². The van der Waals surface area contributed by atoms with Crippen molar-refractivity contribution in [2.45, 2.75) is 38.4 Å². The van der Waals surface area contributed by atoms with Crippen molar-refractivity contribution >= 4 is 17.4 Å². The number of hydrogen-bond acceptors (Lipinski definition) is 6. The predicted octanol–water partition coefficient (Wildman–Crippen LogP) is 2.32. The Labute approximate surface area is 110 Å². The molecule has 0 aromatic carbocycles. The van der Waals surface area contributed by atoms with Gasteiger partial charge in [-0.3, -0.25) is 0 Å². The van der Waals surface area contributed by atoms with Gasteiger partial charge in [0.2, 0.25) is 5.89 Å². The first-order chi connectivity index (χ1) is 8.74. The standard InChI is InChI=1S/C12H16N4OS/c1-8(13)11-14-15-12(17-11)16(10-2-3-10)6-9-4-5-18-7-9/h4-5,7-8,10H,2-3,6,13H2,1H3. The third kappa shape index (κ3) is 2.39. The van der Waals surface area contributed by atoms with Crippen molar-refractivity contribution in [3.8, 4) is 0 Å². The molecule has 2 heterocycles. The van der Waals surface area contributed by atoms with E-state index in [1.165, 1.54) is 18.4 Å². The SMILES string of the molecule is CC(N)c1nnc(N(Cc2ccsc2)C2CC2)o1. The Bertz CT molecular complexity index is 504. The molecule has 6 heteroatoms. The van der Waals surface area contributed by atoms with Crippen LogP contribution in [0.15, 0.2) is 21.2 Å². The maximum atomic E-state index is 5.74. The molecule has 1 atom stereocenters. The number of hydrogen-bond donors (Lipinski definition) is 1. The Morgan fingerprint density at radius 3 is 2.94 bits per heavy atom. The van der Waals surface area contributed by atoms with Crippen LogP contribution in [0, 0.1) is 0 Å². The van der Waals surface area contributed by atoms with Gasteiger partial charge in [-0.25, -0.2) is 0 Å². The van der Waals surface area contributed by atoms with Crippen LogP contribution in [-0.2, 0) is 6.54 Å². The maximum absolute atomic E-state index is 5.74. The second-order valence-electron chi connectivity index (χ2n) is 4.70. The van der Waals surface area contributed by atoms with Gasteiger partial charge in [-0.05, 0) is 42.2 Å². The molecule has 2 aromatic rings. The van der Waals surface area contributed by atoms with Crippen molar-refractivity contribution in [3.63, 3.8) is 0 Å². The number of rotatable bonds is 5. The molecule has 0 amide bonds. The summed E-state index contributed by atoms with van der Waals surface area (Å²) >= 11 is 1.71. The summed E-state index contributed by atoms with van der Waals surface area (Å²) in [6.45, 7) is 2.67. The molecule has 1 aliphatic carbocycles. The summed E-state index contributed by atoms with van der Waals surface area (Å²) in [4.78, 5) is 2.18. The summed E-state index contributed by atoms with van der Waals surface area (Å²) in [5.74, 6) is 0.501. The average molecular weight is 264 g/mol. The summed E-state index contributed by atoms with van der Waals surface area (Å²) in [5, 5.41) is 12.3. The lowest BCUT2D eigenvalue weighted by Crippen LogP contribution is -2.25. The minimum atomic E-state index is -0.214. The molecule has 2 N–H and O–H groups in total. The molecule has 96 valence electrons. The van der Waals surface area contributed by atoms with Gasteiger partial charge in [-0.1, -0.05) is 5.10 Å². The summed E-state index contributed by atoms with van der Waals surface area (Å²) in [7, 11) is 0. The van der Waals surface area contributed by atoms with E-state index < -0.39 is 0 Å². The Morgan fingerprint density at radius 2 is 2.39 bits per heavy atom. The predicted molar refractivity (Wildman–Crippen MR) is 70.4 cm³/mol. The fourth-order valence-electron chi connectivity index (χ4n) is 1.84. The van der Waals surface area contributed by atoms with E-state index in [9.17, 15) is 0 Å². The minimum absolute atomic E-state index is 0.214. The first kappa shape index (κ1) is 11.7. The van der Waals surface area contributed by atoms with Crippen molar-refractivity contribution in [2.24, 2.45) is 5.73 Å². The van der Waals surface area contributed by atoms with E-state index in [0.29, 0.717) is 17.9 Å². The van der Waals surface area contributed by atoms with E-state index in [1.54, 1.807) is 11.3 Å². The lowest BCUT2D eigenvalue weighted by atomic mass is 10.3. The van der Waals surface area contributed by atoms with Crippen LogP contribution in [0.4, 0.5) is 6.01 Å². The van der Waals surface area contributed by atoms with Gasteiger partial charge in [0.15, 0.2) is 0 Å². The largest absolute Gasteiger partial charge is 0.406 e. The zero-order valence-electron chi connectivity index (χ0n) is 10.2. The lowest BCUT2D eigenvalue weighted by molar-refractivity contribution is 0.454. The molecule has 0 radical (unpaired) electrons. The van der Waals surface area contributed by atoms with Gasteiger partial charge in [0.25, 0.3) is 0 Å². The van der Waals surface area contributed by atoms with Crippen LogP contribution in [0.3, 0.4) is 0 Å². The number of anilines is 1. The molecule has 2 aromatic heterocycles. The Morgan fingerprint density at radius 1 is 1.56 bits per heavy atom. The van der Waals surface area contributed by atoms with Crippen molar-refractivity contribution in [1.29, 1.82) is 0 Å². The van der Waals surface area contributed by atoms with E-state index in [0.717, 1.165) is 6.54 Å². The average Bonchev–Trinajstić information content (AvgIpc) is 2.88. The number of aromatic nitrogens is 2. The van der Waals surface area contributed by atoms with Crippen LogP contribution >= 0.6 is 11.3 Å². The highest BCUT2D eigenvalue weighted by molar-refractivity contribution is 7.07. The molecule has 0 bridgehead atoms. The van der Waals surface area contributed by atoms with E-state index in [-0.39, 0.29) is 6.04 Å². The van der Waals surface area contributed by atoms with Crippen molar-refractivity contribution in [1.82, 2.24) is 10.2 Å². The quantitative estimate of drug-likeness (QED) is 0.897. The molecule has 1 fully saturated rings. The van der Waals surface area contributed by atoms with Gasteiger partial charge in [0.1, 0.15) is 0 Å². The molecule has 0 spiro atoms. The molecule has 0 aliphatic heterocycles. The van der Waals surface area contributed by atoms with Gasteiger partial charge < -0.3 is 15.1 Å². The van der Waals surface area contributed by atoms with Crippen LogP contribution < -0.4 is 10.6 Å². The molecule has 1 saturated carbocycles. The molecule has 5 nitrogen and oxygen atoms in total. The molecule has 0 saturated heterocycles. The van der Waals surface area contributed by atoms with Crippen molar-refractivity contribution in [3.05, 3.63) is 28.3 Å². The lowest BCUT2D eigenvalue weighted by Gasteiger charge is -2.18. The zero-order valence-corrected chi connectivity index (χ0v) is 11.1. The number of nitrogens with two attached hydrogens (primary N) is 1. The fraction of sp³-hybridized carbons (Fsp3) is 0.500.